The molecule has 32 heavy (non-hydrogen) atoms. The molecule has 0 atom stereocenters. The Kier molecular flexibility index (Phi) is 7.60. The number of aromatic carboxylic acids is 1. The van der Waals surface area contributed by atoms with Crippen LogP contribution in [0.25, 0.3) is 10.9 Å². The Balaban J connectivity index is 0.000000230. The number of carbonyl (C=O) groups is 2. The van der Waals surface area contributed by atoms with Crippen molar-refractivity contribution >= 4 is 40.9 Å². The summed E-state index contributed by atoms with van der Waals surface area (Å²) in [5.41, 5.74) is 8.04. The van der Waals surface area contributed by atoms with Gasteiger partial charge in [0.25, 0.3) is 11.5 Å². The largest absolute Gasteiger partial charge is 0.482 e. The van der Waals surface area contributed by atoms with Crippen LogP contribution in [-0.2, 0) is 16.8 Å². The number of anilines is 1. The quantitative estimate of drug-likeness (QED) is 0.459. The summed E-state index contributed by atoms with van der Waals surface area (Å²) in [7, 11) is 0. The zero-order valence-electron chi connectivity index (χ0n) is 17.9. The van der Waals surface area contributed by atoms with Crippen LogP contribution in [0.1, 0.15) is 42.5 Å². The molecule has 0 radical (unpaired) electrons. The van der Waals surface area contributed by atoms with E-state index in [1.165, 1.54) is 0 Å². The first-order valence-electron chi connectivity index (χ1n) is 9.62. The zero-order chi connectivity index (χ0) is 22.8. The second-order valence-electron chi connectivity index (χ2n) is 8.07. The average molecular weight is 461 g/mol. The van der Waals surface area contributed by atoms with Crippen molar-refractivity contribution < 1.29 is 19.4 Å². The van der Waals surface area contributed by atoms with E-state index in [0.29, 0.717) is 28.9 Å². The van der Waals surface area contributed by atoms with Gasteiger partial charge in [-0.15, -0.1) is 12.4 Å². The van der Waals surface area contributed by atoms with Crippen molar-refractivity contribution in [1.29, 1.82) is 0 Å². The molecule has 10 heteroatoms. The van der Waals surface area contributed by atoms with Crippen molar-refractivity contribution in [1.82, 2.24) is 9.97 Å². The second-order valence-corrected chi connectivity index (χ2v) is 8.07. The summed E-state index contributed by atoms with van der Waals surface area (Å²) >= 11 is 0. The molecule has 1 aliphatic heterocycles. The summed E-state index contributed by atoms with van der Waals surface area (Å²) in [6.07, 6.45) is 0. The number of carboxylic acid groups (broad SMARTS) is 1. The SMILES string of the molecule is CC(C)(C)c1ccc2nc(C(=O)O)[nH]c(=O)c2c1.Cl.NCc1ccc2c(c1)NC(=O)CO2. The highest BCUT2D eigenvalue weighted by Crippen LogP contribution is 2.28. The monoisotopic (exact) mass is 460 g/mol. The summed E-state index contributed by atoms with van der Waals surface area (Å²) < 4.78 is 5.18. The number of ether oxygens (including phenoxy) is 1. The minimum Gasteiger partial charge on any atom is -0.482 e. The Hall–Kier alpha value is -3.43. The third kappa shape index (κ3) is 5.63. The Bertz CT molecular complexity index is 1220. The number of amides is 1. The van der Waals surface area contributed by atoms with E-state index in [0.717, 1.165) is 11.1 Å². The van der Waals surface area contributed by atoms with E-state index in [-0.39, 0.29) is 36.2 Å². The maximum atomic E-state index is 11.8. The van der Waals surface area contributed by atoms with Crippen molar-refractivity contribution in [3.63, 3.8) is 0 Å². The third-order valence-corrected chi connectivity index (χ3v) is 4.69. The Morgan fingerprint density at radius 1 is 1.19 bits per heavy atom. The van der Waals surface area contributed by atoms with E-state index in [1.807, 2.05) is 45.0 Å². The number of aromatic amines is 1. The molecule has 0 saturated carbocycles. The molecule has 0 unspecified atom stereocenters. The van der Waals surface area contributed by atoms with Crippen molar-refractivity contribution in [2.75, 3.05) is 11.9 Å². The fourth-order valence-corrected chi connectivity index (χ4v) is 2.96. The lowest BCUT2D eigenvalue weighted by molar-refractivity contribution is -0.118. The van der Waals surface area contributed by atoms with E-state index < -0.39 is 11.5 Å². The topological polar surface area (TPSA) is 147 Å². The summed E-state index contributed by atoms with van der Waals surface area (Å²) in [4.78, 5) is 39.7. The van der Waals surface area contributed by atoms with Crippen LogP contribution < -0.4 is 21.3 Å². The molecule has 0 fully saturated rings. The number of nitrogens with one attached hydrogen (secondary N) is 2. The molecular weight excluding hydrogens is 436 g/mol. The van der Waals surface area contributed by atoms with Gasteiger partial charge in [-0.1, -0.05) is 32.9 Å². The van der Waals surface area contributed by atoms with Crippen LogP contribution >= 0.6 is 12.4 Å². The van der Waals surface area contributed by atoms with Gasteiger partial charge in [-0.3, -0.25) is 9.59 Å². The van der Waals surface area contributed by atoms with Gasteiger partial charge in [-0.05, 0) is 40.8 Å². The molecule has 9 nitrogen and oxygen atoms in total. The Labute approximate surface area is 190 Å². The molecule has 0 saturated heterocycles. The van der Waals surface area contributed by atoms with Crippen LogP contribution in [-0.4, -0.2) is 33.6 Å². The van der Waals surface area contributed by atoms with Gasteiger partial charge in [0.15, 0.2) is 6.61 Å². The number of aromatic nitrogens is 2. The zero-order valence-corrected chi connectivity index (χ0v) is 18.7. The number of hydrogen-bond donors (Lipinski definition) is 4. The van der Waals surface area contributed by atoms with E-state index in [4.69, 9.17) is 15.6 Å². The fourth-order valence-electron chi connectivity index (χ4n) is 2.96. The van der Waals surface area contributed by atoms with Crippen molar-refractivity contribution in [2.45, 2.75) is 32.7 Å². The van der Waals surface area contributed by atoms with Crippen LogP contribution in [0, 0.1) is 0 Å². The second kappa shape index (κ2) is 9.80. The number of hydrogen-bond acceptors (Lipinski definition) is 6. The summed E-state index contributed by atoms with van der Waals surface area (Å²) in [6.45, 7) is 6.68. The molecular formula is C22H25ClN4O5. The lowest BCUT2D eigenvalue weighted by Gasteiger charge is -2.19. The minimum absolute atomic E-state index is 0. The van der Waals surface area contributed by atoms with Crippen molar-refractivity contribution in [2.24, 2.45) is 5.73 Å². The molecule has 1 aromatic heterocycles. The van der Waals surface area contributed by atoms with Crippen molar-refractivity contribution in [3.8, 4) is 5.75 Å². The normalized spacial score (nSPS) is 12.4. The van der Waals surface area contributed by atoms with E-state index in [9.17, 15) is 14.4 Å². The lowest BCUT2D eigenvalue weighted by Crippen LogP contribution is -2.25. The van der Waals surface area contributed by atoms with Gasteiger partial charge in [0.2, 0.25) is 5.82 Å². The first-order valence-corrected chi connectivity index (χ1v) is 9.62. The van der Waals surface area contributed by atoms with Gasteiger partial charge >= 0.3 is 5.97 Å². The smallest absolute Gasteiger partial charge is 0.372 e. The molecule has 1 aliphatic rings. The van der Waals surface area contributed by atoms with Crippen LogP contribution in [0.3, 0.4) is 0 Å². The average Bonchev–Trinajstić information content (AvgIpc) is 2.72. The highest BCUT2D eigenvalue weighted by atomic mass is 35.5. The molecule has 170 valence electrons. The minimum atomic E-state index is -1.24. The molecule has 0 aliphatic carbocycles. The lowest BCUT2D eigenvalue weighted by atomic mass is 9.86. The summed E-state index contributed by atoms with van der Waals surface area (Å²) in [5.74, 6) is -0.997. The standard InChI is InChI=1S/C13H14N2O3.C9H10N2O2.ClH/c1-13(2,3)7-4-5-9-8(6-7)11(16)15-10(14-9)12(17)18;10-4-6-1-2-8-7(3-6)11-9(12)5-13-8;/h4-6H,1-3H3,(H,17,18)(H,14,15,16);1-3H,4-5,10H2,(H,11,12);1H. The third-order valence-electron chi connectivity index (χ3n) is 4.69. The molecule has 2 aromatic carbocycles. The molecule has 3 aromatic rings. The number of H-pyrrole nitrogens is 1. The van der Waals surface area contributed by atoms with Crippen LogP contribution in [0.15, 0.2) is 41.2 Å². The maximum absolute atomic E-state index is 11.8. The number of nitrogens with zero attached hydrogens (tertiary/aromatic N) is 1. The van der Waals surface area contributed by atoms with Crippen LogP contribution in [0.2, 0.25) is 0 Å². The van der Waals surface area contributed by atoms with Gasteiger partial charge in [0.1, 0.15) is 5.75 Å². The number of carbonyl (C=O) groups excluding carboxylic acids is 1. The first kappa shape index (κ1) is 24.8. The van der Waals surface area contributed by atoms with Gasteiger partial charge in [-0.25, -0.2) is 9.78 Å². The molecule has 4 rings (SSSR count). The van der Waals surface area contributed by atoms with Gasteiger partial charge in [0.05, 0.1) is 16.6 Å². The number of carboxylic acids is 1. The number of rotatable bonds is 2. The highest BCUT2D eigenvalue weighted by Gasteiger charge is 2.17. The van der Waals surface area contributed by atoms with Crippen molar-refractivity contribution in [3.05, 3.63) is 63.7 Å². The summed E-state index contributed by atoms with van der Waals surface area (Å²) in [5, 5.41) is 11.9. The maximum Gasteiger partial charge on any atom is 0.372 e. The van der Waals surface area contributed by atoms with Gasteiger partial charge in [-0.2, -0.15) is 0 Å². The molecule has 5 N–H and O–H groups in total. The molecule has 1 amide bonds. The van der Waals surface area contributed by atoms with E-state index >= 15 is 0 Å². The first-order chi connectivity index (χ1) is 14.6. The predicted molar refractivity (Wildman–Crippen MR) is 124 cm³/mol. The molecule has 0 bridgehead atoms. The van der Waals surface area contributed by atoms with Crippen LogP contribution in [0.4, 0.5) is 5.69 Å². The number of fused-ring (bicyclic) bond motifs is 2. The van der Waals surface area contributed by atoms with Gasteiger partial charge in [0, 0.05) is 6.54 Å². The Morgan fingerprint density at radius 3 is 2.53 bits per heavy atom. The van der Waals surface area contributed by atoms with E-state index in [2.05, 4.69) is 15.3 Å². The number of nitrogens with two attached hydrogens (primary N) is 1. The number of halogens is 1. The number of benzene rings is 2. The Morgan fingerprint density at radius 2 is 1.91 bits per heavy atom. The molecule has 2 heterocycles. The molecule has 0 spiro atoms. The highest BCUT2D eigenvalue weighted by molar-refractivity contribution is 5.95. The predicted octanol–water partition coefficient (Wildman–Crippen LogP) is 2.82. The van der Waals surface area contributed by atoms with E-state index in [1.54, 1.807) is 12.1 Å². The van der Waals surface area contributed by atoms with Crippen LogP contribution in [0.5, 0.6) is 5.75 Å². The fraction of sp³-hybridized carbons (Fsp3) is 0.273. The summed E-state index contributed by atoms with van der Waals surface area (Å²) in [6, 6.07) is 10.8. The van der Waals surface area contributed by atoms with Gasteiger partial charge < -0.3 is 25.9 Å².